The molecule has 3 rings (SSSR count). The summed E-state index contributed by atoms with van der Waals surface area (Å²) >= 11 is 0. The maximum atomic E-state index is 2.55. The van der Waals surface area contributed by atoms with E-state index in [1.165, 1.54) is 25.7 Å². The second kappa shape index (κ2) is 3.23. The summed E-state index contributed by atoms with van der Waals surface area (Å²) in [6, 6.07) is 11.1. The fourth-order valence-corrected chi connectivity index (χ4v) is 3.62. The second-order valence-corrected chi connectivity index (χ2v) is 5.00. The van der Waals surface area contributed by atoms with Crippen LogP contribution in [0.5, 0.6) is 0 Å². The molecule has 0 heterocycles. The molecule has 0 radical (unpaired) electrons. The minimum atomic E-state index is 0.431. The van der Waals surface area contributed by atoms with Gasteiger partial charge in [0.15, 0.2) is 0 Å². The van der Waals surface area contributed by atoms with Gasteiger partial charge in [-0.3, -0.25) is 0 Å². The molecule has 0 saturated heterocycles. The Balaban J connectivity index is 2.07. The summed E-state index contributed by atoms with van der Waals surface area (Å²) in [4.78, 5) is 0. The molecule has 0 amide bonds. The van der Waals surface area contributed by atoms with Crippen LogP contribution in [-0.4, -0.2) is 0 Å². The van der Waals surface area contributed by atoms with Crippen LogP contribution in [0, 0.1) is 5.92 Å². The smallest absolute Gasteiger partial charge is 0.0167 e. The zero-order valence-corrected chi connectivity index (χ0v) is 9.37. The van der Waals surface area contributed by atoms with Gasteiger partial charge in [-0.15, -0.1) is 0 Å². The Kier molecular flexibility index (Phi) is 1.98. The van der Waals surface area contributed by atoms with E-state index in [2.05, 4.69) is 43.3 Å². The van der Waals surface area contributed by atoms with Crippen LogP contribution >= 0.6 is 0 Å². The predicted molar refractivity (Wildman–Crippen MR) is 63.8 cm³/mol. The van der Waals surface area contributed by atoms with E-state index in [1.807, 2.05) is 0 Å². The van der Waals surface area contributed by atoms with Crippen molar-refractivity contribution >= 4 is 0 Å². The first-order chi connectivity index (χ1) is 7.35. The summed E-state index contributed by atoms with van der Waals surface area (Å²) in [6.07, 6.45) is 7.93. The fraction of sp³-hybridized carbons (Fsp3) is 0.467. The van der Waals surface area contributed by atoms with Crippen LogP contribution < -0.4 is 0 Å². The zero-order chi connectivity index (χ0) is 10.3. The van der Waals surface area contributed by atoms with E-state index >= 15 is 0 Å². The maximum absolute atomic E-state index is 2.55. The molecule has 0 spiro atoms. The van der Waals surface area contributed by atoms with Crippen LogP contribution in [0.3, 0.4) is 0 Å². The molecule has 0 aliphatic heterocycles. The summed E-state index contributed by atoms with van der Waals surface area (Å²) in [5.41, 5.74) is 3.68. The Morgan fingerprint density at radius 2 is 2.07 bits per heavy atom. The molecule has 0 heteroatoms. The standard InChI is InChI=1S/C15H18/c1-2-13-10-12-8-9-15(13,11-12)14-6-4-3-5-7-14/h3-7,10,12H,2,8-9,11H2,1H3. The Bertz CT molecular complexity index is 388. The normalized spacial score (nSPS) is 33.1. The molecular weight excluding hydrogens is 180 g/mol. The van der Waals surface area contributed by atoms with Crippen molar-refractivity contribution < 1.29 is 0 Å². The van der Waals surface area contributed by atoms with Crippen LogP contribution in [0.15, 0.2) is 42.0 Å². The highest BCUT2D eigenvalue weighted by Crippen LogP contribution is 2.55. The predicted octanol–water partition coefficient (Wildman–Crippen LogP) is 4.07. The van der Waals surface area contributed by atoms with Gasteiger partial charge in [0, 0.05) is 5.41 Å². The third-order valence-electron chi connectivity index (χ3n) is 4.31. The summed E-state index contributed by atoms with van der Waals surface area (Å²) in [6.45, 7) is 2.30. The lowest BCUT2D eigenvalue weighted by atomic mass is 9.73. The van der Waals surface area contributed by atoms with Crippen LogP contribution in [0.1, 0.15) is 38.2 Å². The second-order valence-electron chi connectivity index (χ2n) is 5.00. The quantitative estimate of drug-likeness (QED) is 0.628. The van der Waals surface area contributed by atoms with Gasteiger partial charge in [-0.1, -0.05) is 48.9 Å². The van der Waals surface area contributed by atoms with Gasteiger partial charge in [-0.05, 0) is 37.2 Å². The van der Waals surface area contributed by atoms with Gasteiger partial charge in [-0.2, -0.15) is 0 Å². The van der Waals surface area contributed by atoms with Crippen molar-refractivity contribution in [2.24, 2.45) is 5.92 Å². The van der Waals surface area contributed by atoms with Crippen LogP contribution in [0.25, 0.3) is 0 Å². The van der Waals surface area contributed by atoms with E-state index in [0.717, 1.165) is 5.92 Å². The Hall–Kier alpha value is -1.04. The summed E-state index contributed by atoms with van der Waals surface area (Å²) in [5, 5.41) is 0. The molecule has 2 bridgehead atoms. The monoisotopic (exact) mass is 198 g/mol. The third kappa shape index (κ3) is 1.20. The lowest BCUT2D eigenvalue weighted by Crippen LogP contribution is -2.22. The maximum Gasteiger partial charge on any atom is 0.0167 e. The van der Waals surface area contributed by atoms with Gasteiger partial charge in [0.25, 0.3) is 0 Å². The van der Waals surface area contributed by atoms with Crippen molar-refractivity contribution in [1.82, 2.24) is 0 Å². The van der Waals surface area contributed by atoms with Crippen molar-refractivity contribution in [3.63, 3.8) is 0 Å². The van der Waals surface area contributed by atoms with Gasteiger partial charge in [0.1, 0.15) is 0 Å². The average Bonchev–Trinajstić information content (AvgIpc) is 2.88. The molecule has 78 valence electrons. The number of rotatable bonds is 2. The molecular formula is C15H18. The SMILES string of the molecule is CCC1=CC2CCC1(c1ccccc1)C2. The van der Waals surface area contributed by atoms with Crippen LogP contribution in [0.2, 0.25) is 0 Å². The molecule has 2 aliphatic rings. The van der Waals surface area contributed by atoms with E-state index in [-0.39, 0.29) is 0 Å². The minimum Gasteiger partial charge on any atom is -0.0813 e. The van der Waals surface area contributed by atoms with Crippen molar-refractivity contribution in [2.75, 3.05) is 0 Å². The Labute approximate surface area is 92.0 Å². The molecule has 2 atom stereocenters. The number of allylic oxidation sites excluding steroid dienone is 2. The molecule has 1 saturated carbocycles. The van der Waals surface area contributed by atoms with E-state index in [9.17, 15) is 0 Å². The topological polar surface area (TPSA) is 0 Å². The van der Waals surface area contributed by atoms with Gasteiger partial charge in [-0.25, -0.2) is 0 Å². The first kappa shape index (κ1) is 9.21. The van der Waals surface area contributed by atoms with Crippen molar-refractivity contribution in [1.29, 1.82) is 0 Å². The third-order valence-corrected chi connectivity index (χ3v) is 4.31. The van der Waals surface area contributed by atoms with E-state index in [1.54, 1.807) is 11.1 Å². The number of fused-ring (bicyclic) bond motifs is 2. The van der Waals surface area contributed by atoms with Crippen LogP contribution in [0.4, 0.5) is 0 Å². The fourth-order valence-electron chi connectivity index (χ4n) is 3.62. The summed E-state index contributed by atoms with van der Waals surface area (Å²) in [5.74, 6) is 0.875. The van der Waals surface area contributed by atoms with E-state index < -0.39 is 0 Å². The highest BCUT2D eigenvalue weighted by atomic mass is 14.5. The Morgan fingerprint density at radius 1 is 1.27 bits per heavy atom. The van der Waals surface area contributed by atoms with Gasteiger partial charge < -0.3 is 0 Å². The van der Waals surface area contributed by atoms with Gasteiger partial charge in [0.05, 0.1) is 0 Å². The zero-order valence-electron chi connectivity index (χ0n) is 9.37. The molecule has 0 aromatic heterocycles. The molecule has 2 unspecified atom stereocenters. The average molecular weight is 198 g/mol. The molecule has 1 fully saturated rings. The Morgan fingerprint density at radius 3 is 2.73 bits per heavy atom. The number of hydrogen-bond acceptors (Lipinski definition) is 0. The lowest BCUT2D eigenvalue weighted by molar-refractivity contribution is 0.520. The van der Waals surface area contributed by atoms with Gasteiger partial charge in [0.2, 0.25) is 0 Å². The first-order valence-electron chi connectivity index (χ1n) is 6.12. The number of hydrogen-bond donors (Lipinski definition) is 0. The minimum absolute atomic E-state index is 0.431. The van der Waals surface area contributed by atoms with E-state index in [4.69, 9.17) is 0 Å². The van der Waals surface area contributed by atoms with Gasteiger partial charge >= 0.3 is 0 Å². The highest BCUT2D eigenvalue weighted by molar-refractivity contribution is 5.42. The van der Waals surface area contributed by atoms with Crippen LogP contribution in [-0.2, 0) is 5.41 Å². The molecule has 0 N–H and O–H groups in total. The highest BCUT2D eigenvalue weighted by Gasteiger charge is 2.46. The summed E-state index contributed by atoms with van der Waals surface area (Å²) < 4.78 is 0. The molecule has 1 aromatic rings. The van der Waals surface area contributed by atoms with Crippen molar-refractivity contribution in [3.8, 4) is 0 Å². The molecule has 1 aromatic carbocycles. The first-order valence-corrected chi connectivity index (χ1v) is 6.12. The molecule has 15 heavy (non-hydrogen) atoms. The lowest BCUT2D eigenvalue weighted by Gasteiger charge is -2.30. The van der Waals surface area contributed by atoms with Crippen molar-refractivity contribution in [2.45, 2.75) is 38.0 Å². The molecule has 0 nitrogen and oxygen atoms in total. The molecule has 2 aliphatic carbocycles. The summed E-state index contributed by atoms with van der Waals surface area (Å²) in [7, 11) is 0. The van der Waals surface area contributed by atoms with Crippen molar-refractivity contribution in [3.05, 3.63) is 47.5 Å². The van der Waals surface area contributed by atoms with E-state index in [0.29, 0.717) is 5.41 Å². The largest absolute Gasteiger partial charge is 0.0813 e. The number of benzene rings is 1.